The number of ether oxygens (including phenoxy) is 3. The highest BCUT2D eigenvalue weighted by molar-refractivity contribution is 7.59. The number of amides is 1. The summed E-state index contributed by atoms with van der Waals surface area (Å²) in [6.07, 6.45) is -1.23. The fourth-order valence-corrected chi connectivity index (χ4v) is 4.44. The summed E-state index contributed by atoms with van der Waals surface area (Å²) in [6.45, 7) is 8.86. The molecule has 0 aromatic carbocycles. The molecule has 0 fully saturated rings. The molecule has 0 saturated carbocycles. The van der Waals surface area contributed by atoms with Crippen LogP contribution in [0.3, 0.4) is 0 Å². The van der Waals surface area contributed by atoms with Crippen LogP contribution in [0, 0.1) is 0 Å². The fourth-order valence-electron chi connectivity index (χ4n) is 2.18. The van der Waals surface area contributed by atoms with Crippen LogP contribution >= 0.6 is 7.37 Å². The number of hydrogen-bond acceptors (Lipinski definition) is 7. The van der Waals surface area contributed by atoms with Gasteiger partial charge < -0.3 is 23.8 Å². The quantitative estimate of drug-likeness (QED) is 0.382. The Morgan fingerprint density at radius 1 is 1.00 bits per heavy atom. The van der Waals surface area contributed by atoms with E-state index in [1.807, 2.05) is 0 Å². The molecule has 0 spiro atoms. The van der Waals surface area contributed by atoms with E-state index in [2.05, 4.69) is 0 Å². The second-order valence-corrected chi connectivity index (χ2v) is 7.35. The van der Waals surface area contributed by atoms with Crippen LogP contribution in [-0.2, 0) is 28.1 Å². The molecule has 148 valence electrons. The maximum Gasteiger partial charge on any atom is 0.411 e. The third-order valence-electron chi connectivity index (χ3n) is 3.19. The first-order chi connectivity index (χ1) is 11.8. The van der Waals surface area contributed by atoms with Crippen molar-refractivity contribution < 1.29 is 38.0 Å². The van der Waals surface area contributed by atoms with Crippen molar-refractivity contribution in [1.82, 2.24) is 4.90 Å². The molecule has 10 heteroatoms. The van der Waals surface area contributed by atoms with Crippen molar-refractivity contribution in [2.75, 3.05) is 32.7 Å². The smallest absolute Gasteiger partial charge is 0.411 e. The van der Waals surface area contributed by atoms with Gasteiger partial charge in [-0.15, -0.1) is 0 Å². The molecule has 0 saturated heterocycles. The zero-order valence-corrected chi connectivity index (χ0v) is 16.5. The number of hydrogen-bond donors (Lipinski definition) is 1. The summed E-state index contributed by atoms with van der Waals surface area (Å²) in [5, 5.41) is 9.39. The van der Waals surface area contributed by atoms with Gasteiger partial charge in [-0.3, -0.25) is 9.46 Å². The van der Waals surface area contributed by atoms with Gasteiger partial charge in [0.1, 0.15) is 12.3 Å². The van der Waals surface area contributed by atoms with Gasteiger partial charge in [0.15, 0.2) is 0 Å². The summed E-state index contributed by atoms with van der Waals surface area (Å²) < 4.78 is 34.4. The zero-order valence-electron chi connectivity index (χ0n) is 15.6. The Kier molecular flexibility index (Phi) is 11.7. The Labute approximate surface area is 149 Å². The van der Waals surface area contributed by atoms with Crippen molar-refractivity contribution in [2.45, 2.75) is 53.1 Å². The van der Waals surface area contributed by atoms with Gasteiger partial charge in [-0.2, -0.15) is 0 Å². The third-order valence-corrected chi connectivity index (χ3v) is 5.52. The number of carboxylic acid groups (broad SMARTS) is 1. The summed E-state index contributed by atoms with van der Waals surface area (Å²) in [6, 6.07) is -2.39. The molecule has 2 atom stereocenters. The van der Waals surface area contributed by atoms with E-state index >= 15 is 0 Å². The Morgan fingerprint density at radius 2 is 1.56 bits per heavy atom. The van der Waals surface area contributed by atoms with E-state index < -0.39 is 37.8 Å². The summed E-state index contributed by atoms with van der Waals surface area (Å²) in [5.41, 5.74) is 0. The Morgan fingerprint density at radius 3 is 1.92 bits per heavy atom. The number of carboxylic acids is 1. The SMILES string of the molecule is CCOC(=O)N(CP(=O)(OCC)C(OCC)OCC)C(CC)C(=O)O. The van der Waals surface area contributed by atoms with Crippen molar-refractivity contribution in [2.24, 2.45) is 0 Å². The summed E-state index contributed by atoms with van der Waals surface area (Å²) in [5.74, 6) is -1.22. The number of carbonyl (C=O) groups excluding carboxylic acids is 1. The number of nitrogens with zero attached hydrogens (tertiary/aromatic N) is 1. The predicted molar refractivity (Wildman–Crippen MR) is 91.7 cm³/mol. The molecule has 1 amide bonds. The summed E-state index contributed by atoms with van der Waals surface area (Å²) in [4.78, 5) is 24.7. The van der Waals surface area contributed by atoms with Gasteiger partial charge in [0.2, 0.25) is 6.03 Å². The highest BCUT2D eigenvalue weighted by Crippen LogP contribution is 2.53. The first kappa shape index (κ1) is 23.9. The van der Waals surface area contributed by atoms with E-state index in [1.54, 1.807) is 34.6 Å². The molecule has 0 aliphatic heterocycles. The first-order valence-corrected chi connectivity index (χ1v) is 10.3. The monoisotopic (exact) mass is 383 g/mol. The maximum absolute atomic E-state index is 13.3. The van der Waals surface area contributed by atoms with E-state index in [1.165, 1.54) is 0 Å². The van der Waals surface area contributed by atoms with E-state index in [4.69, 9.17) is 18.7 Å². The molecule has 0 bridgehead atoms. The van der Waals surface area contributed by atoms with Crippen LogP contribution < -0.4 is 0 Å². The van der Waals surface area contributed by atoms with Crippen molar-refractivity contribution in [3.05, 3.63) is 0 Å². The van der Waals surface area contributed by atoms with E-state index in [0.29, 0.717) is 0 Å². The Bertz CT molecular complexity index is 453. The van der Waals surface area contributed by atoms with Gasteiger partial charge >= 0.3 is 12.1 Å². The molecule has 0 rings (SSSR count). The second-order valence-electron chi connectivity index (χ2n) is 4.93. The van der Waals surface area contributed by atoms with E-state index in [9.17, 15) is 19.3 Å². The zero-order chi connectivity index (χ0) is 19.5. The van der Waals surface area contributed by atoms with Gasteiger partial charge in [-0.1, -0.05) is 6.92 Å². The molecule has 0 heterocycles. The predicted octanol–water partition coefficient (Wildman–Crippen LogP) is 2.94. The molecule has 0 aliphatic carbocycles. The van der Waals surface area contributed by atoms with Gasteiger partial charge in [-0.05, 0) is 34.1 Å². The lowest BCUT2D eigenvalue weighted by Gasteiger charge is -2.33. The van der Waals surface area contributed by atoms with Crippen LogP contribution in [0.4, 0.5) is 4.79 Å². The molecule has 1 N–H and O–H groups in total. The highest BCUT2D eigenvalue weighted by atomic mass is 31.2. The number of carbonyl (C=O) groups is 2. The van der Waals surface area contributed by atoms with Gasteiger partial charge in [0, 0.05) is 13.2 Å². The van der Waals surface area contributed by atoms with Crippen molar-refractivity contribution in [3.8, 4) is 0 Å². The van der Waals surface area contributed by atoms with Crippen LogP contribution in [0.25, 0.3) is 0 Å². The lowest BCUT2D eigenvalue weighted by Crippen LogP contribution is -2.46. The molecular formula is C15H30NO8P. The minimum atomic E-state index is -3.69. The second kappa shape index (κ2) is 12.2. The molecule has 0 aromatic rings. The van der Waals surface area contributed by atoms with Crippen molar-refractivity contribution in [1.29, 1.82) is 0 Å². The van der Waals surface area contributed by atoms with Crippen molar-refractivity contribution >= 4 is 19.4 Å². The molecule has 0 radical (unpaired) electrons. The lowest BCUT2D eigenvalue weighted by atomic mass is 10.2. The standard InChI is InChI=1S/C15H30NO8P/c1-6-12(13(17)18)16(14(19)21-7-2)11-25(20,24-10-5)15(22-8-3)23-9-4/h12,15H,6-11H2,1-5H3,(H,17,18). The highest BCUT2D eigenvalue weighted by Gasteiger charge is 2.42. The van der Waals surface area contributed by atoms with Gasteiger partial charge in [-0.25, -0.2) is 9.59 Å². The Hall–Kier alpha value is -1.15. The van der Waals surface area contributed by atoms with Crippen LogP contribution in [0.2, 0.25) is 0 Å². The molecule has 2 unspecified atom stereocenters. The minimum Gasteiger partial charge on any atom is -0.480 e. The van der Waals surface area contributed by atoms with Crippen molar-refractivity contribution in [3.63, 3.8) is 0 Å². The van der Waals surface area contributed by atoms with E-state index in [0.717, 1.165) is 4.90 Å². The molecule has 0 aliphatic rings. The van der Waals surface area contributed by atoms with Crippen LogP contribution in [-0.4, -0.2) is 66.9 Å². The van der Waals surface area contributed by atoms with Crippen LogP contribution in [0.5, 0.6) is 0 Å². The van der Waals surface area contributed by atoms with Crippen LogP contribution in [0.15, 0.2) is 0 Å². The largest absolute Gasteiger partial charge is 0.480 e. The topological polar surface area (TPSA) is 112 Å². The molecule has 25 heavy (non-hydrogen) atoms. The summed E-state index contributed by atoms with van der Waals surface area (Å²) >= 11 is 0. The van der Waals surface area contributed by atoms with Gasteiger partial charge in [0.25, 0.3) is 7.37 Å². The fraction of sp³-hybridized carbons (Fsp3) is 0.867. The van der Waals surface area contributed by atoms with Crippen LogP contribution in [0.1, 0.15) is 41.0 Å². The molecule has 9 nitrogen and oxygen atoms in total. The minimum absolute atomic E-state index is 0.0602. The molecule has 0 aromatic heterocycles. The molecular weight excluding hydrogens is 353 g/mol. The number of rotatable bonds is 13. The number of aliphatic carboxylic acids is 1. The first-order valence-electron chi connectivity index (χ1n) is 8.43. The van der Waals surface area contributed by atoms with E-state index in [-0.39, 0.29) is 32.8 Å². The average molecular weight is 383 g/mol. The average Bonchev–Trinajstić information content (AvgIpc) is 2.54. The lowest BCUT2D eigenvalue weighted by molar-refractivity contribution is -0.142. The summed E-state index contributed by atoms with van der Waals surface area (Å²) in [7, 11) is -3.69. The maximum atomic E-state index is 13.3. The normalized spacial score (nSPS) is 14.8. The third kappa shape index (κ3) is 7.32. The Balaban J connectivity index is 5.75. The van der Waals surface area contributed by atoms with Gasteiger partial charge in [0.05, 0.1) is 13.2 Å².